The Bertz CT molecular complexity index is 801. The third kappa shape index (κ3) is 4.58. The van der Waals surface area contributed by atoms with Crippen LogP contribution in [0.4, 0.5) is 14.5 Å². The summed E-state index contributed by atoms with van der Waals surface area (Å²) < 4.78 is 37.7. The number of hydrogen-bond donors (Lipinski definition) is 2. The van der Waals surface area contributed by atoms with Gasteiger partial charge in [-0.1, -0.05) is 0 Å². The Hall–Kier alpha value is -2.49. The number of primary amides is 1. The zero-order valence-corrected chi connectivity index (χ0v) is 16.0. The summed E-state index contributed by atoms with van der Waals surface area (Å²) in [6.07, 6.45) is 2.55. The lowest BCUT2D eigenvalue weighted by Gasteiger charge is -2.40. The molecule has 1 saturated carbocycles. The lowest BCUT2D eigenvalue weighted by molar-refractivity contribution is -0.119. The SMILES string of the molecule is NC(=O)CC1(NC(=O)c2ccc(N3CC(F)(F)C3)c(OCC3CC3)n2)CCOC1. The standard InChI is InChI=1S/C19H24F2N4O4/c20-19(21)9-25(10-19)14-4-3-13(23-17(14)29-8-12-1-2-12)16(27)24-18(7-15(22)26)5-6-28-11-18/h3-4,12H,1-2,5-11H2,(H2,22,26)(H,24,27). The highest BCUT2D eigenvalue weighted by molar-refractivity contribution is 5.94. The number of amides is 2. The average Bonchev–Trinajstić information content (AvgIpc) is 3.36. The third-order valence-corrected chi connectivity index (χ3v) is 5.41. The Labute approximate surface area is 166 Å². The normalized spacial score (nSPS) is 25.4. The molecule has 0 aromatic carbocycles. The molecule has 2 aliphatic heterocycles. The fourth-order valence-corrected chi connectivity index (χ4v) is 3.60. The number of carbonyl (C=O) groups is 2. The molecule has 4 rings (SSSR count). The largest absolute Gasteiger partial charge is 0.476 e. The van der Waals surface area contributed by atoms with Gasteiger partial charge in [0.1, 0.15) is 11.4 Å². The maximum Gasteiger partial charge on any atom is 0.282 e. The van der Waals surface area contributed by atoms with Gasteiger partial charge in [0.05, 0.1) is 38.3 Å². The van der Waals surface area contributed by atoms with Gasteiger partial charge in [-0.2, -0.15) is 0 Å². The number of nitrogens with one attached hydrogen (secondary N) is 1. The number of hydrogen-bond acceptors (Lipinski definition) is 6. The molecule has 8 nitrogen and oxygen atoms in total. The average molecular weight is 410 g/mol. The second kappa shape index (κ2) is 7.40. The Morgan fingerprint density at radius 1 is 1.34 bits per heavy atom. The van der Waals surface area contributed by atoms with Crippen LogP contribution >= 0.6 is 0 Å². The van der Waals surface area contributed by atoms with E-state index < -0.39 is 36.4 Å². The van der Waals surface area contributed by atoms with Crippen LogP contribution in [0, 0.1) is 5.92 Å². The molecule has 1 unspecified atom stereocenters. The number of nitrogens with zero attached hydrogens (tertiary/aromatic N) is 2. The van der Waals surface area contributed by atoms with E-state index >= 15 is 0 Å². The summed E-state index contributed by atoms with van der Waals surface area (Å²) in [7, 11) is 0. The molecule has 1 atom stereocenters. The Balaban J connectivity index is 1.52. The first-order valence-electron chi connectivity index (χ1n) is 9.71. The predicted octanol–water partition coefficient (Wildman–Crippen LogP) is 1.09. The van der Waals surface area contributed by atoms with E-state index in [0.29, 0.717) is 31.2 Å². The number of ether oxygens (including phenoxy) is 2. The van der Waals surface area contributed by atoms with E-state index in [0.717, 1.165) is 12.8 Å². The van der Waals surface area contributed by atoms with Crippen LogP contribution in [0.5, 0.6) is 5.88 Å². The lowest BCUT2D eigenvalue weighted by atomic mass is 9.93. The van der Waals surface area contributed by atoms with Crippen molar-refractivity contribution < 1.29 is 27.8 Å². The highest BCUT2D eigenvalue weighted by Gasteiger charge is 2.45. The van der Waals surface area contributed by atoms with Crippen LogP contribution in [0.15, 0.2) is 12.1 Å². The monoisotopic (exact) mass is 410 g/mol. The van der Waals surface area contributed by atoms with Crippen LogP contribution in [0.3, 0.4) is 0 Å². The first-order chi connectivity index (χ1) is 13.8. The number of alkyl halides is 2. The van der Waals surface area contributed by atoms with Gasteiger partial charge in [-0.05, 0) is 37.3 Å². The maximum atomic E-state index is 13.3. The molecule has 10 heteroatoms. The summed E-state index contributed by atoms with van der Waals surface area (Å²) in [6.45, 7) is 0.236. The van der Waals surface area contributed by atoms with Crippen molar-refractivity contribution in [3.8, 4) is 5.88 Å². The number of carbonyl (C=O) groups excluding carboxylic acids is 2. The second-order valence-electron chi connectivity index (χ2n) is 8.17. The molecule has 1 aliphatic carbocycles. The molecule has 3 N–H and O–H groups in total. The van der Waals surface area contributed by atoms with Crippen LogP contribution in [0.2, 0.25) is 0 Å². The number of nitrogens with two attached hydrogens (primary N) is 1. The quantitative estimate of drug-likeness (QED) is 0.665. The van der Waals surface area contributed by atoms with Crippen molar-refractivity contribution in [3.05, 3.63) is 17.8 Å². The summed E-state index contributed by atoms with van der Waals surface area (Å²) in [6, 6.07) is 3.05. The third-order valence-electron chi connectivity index (χ3n) is 5.41. The smallest absolute Gasteiger partial charge is 0.282 e. The molecular formula is C19H24F2N4O4. The zero-order chi connectivity index (χ0) is 20.6. The lowest BCUT2D eigenvalue weighted by Crippen LogP contribution is -2.56. The van der Waals surface area contributed by atoms with Crippen LogP contribution in [-0.2, 0) is 9.53 Å². The van der Waals surface area contributed by atoms with E-state index in [1.54, 1.807) is 6.07 Å². The first-order valence-corrected chi connectivity index (χ1v) is 9.71. The van der Waals surface area contributed by atoms with Crippen LogP contribution in [0.25, 0.3) is 0 Å². The maximum absolute atomic E-state index is 13.3. The number of aromatic nitrogens is 1. The van der Waals surface area contributed by atoms with Crippen molar-refractivity contribution in [2.45, 2.75) is 37.1 Å². The van der Waals surface area contributed by atoms with Gasteiger partial charge in [-0.3, -0.25) is 9.59 Å². The van der Waals surface area contributed by atoms with Crippen molar-refractivity contribution in [1.82, 2.24) is 10.3 Å². The van der Waals surface area contributed by atoms with Crippen LogP contribution < -0.4 is 20.7 Å². The number of anilines is 1. The van der Waals surface area contributed by atoms with E-state index in [9.17, 15) is 18.4 Å². The fraction of sp³-hybridized carbons (Fsp3) is 0.632. The molecule has 2 saturated heterocycles. The molecule has 3 heterocycles. The van der Waals surface area contributed by atoms with Crippen molar-refractivity contribution in [3.63, 3.8) is 0 Å². The summed E-state index contributed by atoms with van der Waals surface area (Å²) in [4.78, 5) is 30.0. The molecule has 3 aliphatic rings. The molecule has 1 aromatic rings. The second-order valence-corrected chi connectivity index (χ2v) is 8.17. The van der Waals surface area contributed by atoms with Crippen molar-refractivity contribution >= 4 is 17.5 Å². The summed E-state index contributed by atoms with van der Waals surface area (Å²) >= 11 is 0. The van der Waals surface area contributed by atoms with Gasteiger partial charge in [-0.15, -0.1) is 0 Å². The minimum atomic E-state index is -2.73. The molecule has 0 bridgehead atoms. The Morgan fingerprint density at radius 2 is 2.10 bits per heavy atom. The first kappa shape index (κ1) is 19.8. The van der Waals surface area contributed by atoms with E-state index in [4.69, 9.17) is 15.2 Å². The number of halogens is 2. The van der Waals surface area contributed by atoms with Crippen molar-refractivity contribution in [2.75, 3.05) is 37.8 Å². The fourth-order valence-electron chi connectivity index (χ4n) is 3.60. The minimum absolute atomic E-state index is 0.0370. The summed E-state index contributed by atoms with van der Waals surface area (Å²) in [5.74, 6) is -3.14. The highest BCUT2D eigenvalue weighted by Crippen LogP contribution is 2.38. The molecule has 3 fully saturated rings. The predicted molar refractivity (Wildman–Crippen MR) is 99.1 cm³/mol. The van der Waals surface area contributed by atoms with E-state index in [2.05, 4.69) is 10.3 Å². The molecule has 29 heavy (non-hydrogen) atoms. The van der Waals surface area contributed by atoms with Crippen molar-refractivity contribution in [2.24, 2.45) is 11.7 Å². The van der Waals surface area contributed by atoms with Gasteiger partial charge < -0.3 is 25.4 Å². The molecule has 1 aromatic heterocycles. The van der Waals surface area contributed by atoms with E-state index in [-0.39, 0.29) is 24.6 Å². The van der Waals surface area contributed by atoms with E-state index in [1.165, 1.54) is 11.0 Å². The topological polar surface area (TPSA) is 107 Å². The highest BCUT2D eigenvalue weighted by atomic mass is 19.3. The number of pyridine rings is 1. The van der Waals surface area contributed by atoms with Crippen LogP contribution in [-0.4, -0.2) is 61.2 Å². The molecule has 158 valence electrons. The molecule has 0 radical (unpaired) electrons. The van der Waals surface area contributed by atoms with Crippen molar-refractivity contribution in [1.29, 1.82) is 0 Å². The molecule has 0 spiro atoms. The Morgan fingerprint density at radius 3 is 2.69 bits per heavy atom. The van der Waals surface area contributed by atoms with Crippen LogP contribution in [0.1, 0.15) is 36.2 Å². The molecule has 2 amide bonds. The van der Waals surface area contributed by atoms with Gasteiger partial charge in [0.25, 0.3) is 11.8 Å². The van der Waals surface area contributed by atoms with Gasteiger partial charge in [0.2, 0.25) is 11.8 Å². The summed E-state index contributed by atoms with van der Waals surface area (Å²) in [5, 5.41) is 2.82. The van der Waals surface area contributed by atoms with E-state index in [1.807, 2.05) is 0 Å². The van der Waals surface area contributed by atoms with Gasteiger partial charge in [0, 0.05) is 6.61 Å². The van der Waals surface area contributed by atoms with Gasteiger partial charge >= 0.3 is 0 Å². The van der Waals surface area contributed by atoms with Gasteiger partial charge in [0.15, 0.2) is 0 Å². The summed E-state index contributed by atoms with van der Waals surface area (Å²) in [5.41, 5.74) is 4.99. The molecular weight excluding hydrogens is 386 g/mol. The Kier molecular flexibility index (Phi) is 5.05. The zero-order valence-electron chi connectivity index (χ0n) is 16.0. The van der Waals surface area contributed by atoms with Gasteiger partial charge in [-0.25, -0.2) is 13.8 Å². The number of rotatable bonds is 8. The minimum Gasteiger partial charge on any atom is -0.476 e.